The lowest BCUT2D eigenvalue weighted by molar-refractivity contribution is -0.156. The van der Waals surface area contributed by atoms with Crippen molar-refractivity contribution in [3.63, 3.8) is 0 Å². The predicted octanol–water partition coefficient (Wildman–Crippen LogP) is 0.912. The van der Waals surface area contributed by atoms with Gasteiger partial charge in [-0.2, -0.15) is 0 Å². The number of hydrogen-bond donors (Lipinski definition) is 3. The molecule has 1 saturated heterocycles. The molecule has 3 aliphatic rings. The summed E-state index contributed by atoms with van der Waals surface area (Å²) < 4.78 is 0.638. The maximum atomic E-state index is 12.2. The molecule has 1 amide bonds. The van der Waals surface area contributed by atoms with E-state index in [2.05, 4.69) is 24.2 Å². The van der Waals surface area contributed by atoms with Crippen LogP contribution in [0.4, 0.5) is 0 Å². The number of aliphatic carboxylic acids is 1. The van der Waals surface area contributed by atoms with Gasteiger partial charge in [0.05, 0.1) is 28.6 Å². The number of aliphatic hydroxyl groups is 1. The van der Waals surface area contributed by atoms with Gasteiger partial charge in [-0.3, -0.25) is 14.7 Å². The minimum absolute atomic E-state index is 0.0514. The Balaban J connectivity index is 1.74. The van der Waals surface area contributed by atoms with Gasteiger partial charge in [-0.05, 0) is 6.92 Å². The Morgan fingerprint density at radius 3 is 2.67 bits per heavy atom. The number of carbonyl (C=O) groups is 2. The van der Waals surface area contributed by atoms with Crippen LogP contribution in [0.25, 0.3) is 0 Å². The van der Waals surface area contributed by atoms with E-state index in [0.717, 1.165) is 12.4 Å². The van der Waals surface area contributed by atoms with E-state index in [9.17, 15) is 19.8 Å². The summed E-state index contributed by atoms with van der Waals surface area (Å²) >= 11 is 2.83. The zero-order chi connectivity index (χ0) is 17.6. The number of carboxylic acid groups (broad SMARTS) is 1. The van der Waals surface area contributed by atoms with Crippen molar-refractivity contribution >= 4 is 41.2 Å². The zero-order valence-corrected chi connectivity index (χ0v) is 15.4. The Bertz CT molecular complexity index is 632. The second-order valence-electron chi connectivity index (χ2n) is 6.43. The average molecular weight is 371 g/mol. The van der Waals surface area contributed by atoms with Gasteiger partial charge in [-0.1, -0.05) is 25.6 Å². The molecular formula is C15H21N3O4S2. The Morgan fingerprint density at radius 1 is 1.46 bits per heavy atom. The monoisotopic (exact) mass is 371 g/mol. The van der Waals surface area contributed by atoms with Crippen LogP contribution in [0.5, 0.6) is 0 Å². The van der Waals surface area contributed by atoms with E-state index in [4.69, 9.17) is 0 Å². The highest BCUT2D eigenvalue weighted by Crippen LogP contribution is 2.54. The highest BCUT2D eigenvalue weighted by atomic mass is 32.2. The standard InChI is InChI=1S/C15H21N3O4S2/c1-6(2)11-16-4-8(5-17-11)23-15-10(14(21)22)18-12(20)9(7(3)19)13(18)24-15/h6-9,13,19H,4-5H2,1-3H3,(H,16,17)(H,21,22)/t7?,9?,13-/m0/s1. The Morgan fingerprint density at radius 2 is 2.17 bits per heavy atom. The molecule has 3 N–H and O–H groups in total. The van der Waals surface area contributed by atoms with E-state index in [1.165, 1.54) is 28.4 Å². The van der Waals surface area contributed by atoms with Gasteiger partial charge in [0.25, 0.3) is 0 Å². The van der Waals surface area contributed by atoms with Crippen molar-refractivity contribution in [2.45, 2.75) is 37.5 Å². The van der Waals surface area contributed by atoms with Crippen LogP contribution in [0.2, 0.25) is 0 Å². The van der Waals surface area contributed by atoms with Gasteiger partial charge in [0.2, 0.25) is 5.91 Å². The molecule has 3 rings (SSSR count). The van der Waals surface area contributed by atoms with Crippen molar-refractivity contribution in [1.29, 1.82) is 0 Å². The number of fused-ring (bicyclic) bond motifs is 1. The third-order valence-corrected chi connectivity index (χ3v) is 7.05. The smallest absolute Gasteiger partial charge is 0.354 e. The van der Waals surface area contributed by atoms with Gasteiger partial charge in [0, 0.05) is 17.7 Å². The molecule has 0 radical (unpaired) electrons. The lowest BCUT2D eigenvalue weighted by atomic mass is 9.92. The number of thioether (sulfide) groups is 2. The zero-order valence-electron chi connectivity index (χ0n) is 13.7. The Hall–Kier alpha value is -1.19. The quantitative estimate of drug-likeness (QED) is 0.617. The topological polar surface area (TPSA) is 102 Å². The van der Waals surface area contributed by atoms with E-state index in [0.29, 0.717) is 16.7 Å². The molecular weight excluding hydrogens is 350 g/mol. The van der Waals surface area contributed by atoms with Gasteiger partial charge in [-0.25, -0.2) is 4.79 Å². The molecule has 0 aliphatic carbocycles. The number of hydrogen-bond acceptors (Lipinski definition) is 7. The second-order valence-corrected chi connectivity index (χ2v) is 9.12. The first kappa shape index (κ1) is 17.6. The van der Waals surface area contributed by atoms with Crippen LogP contribution >= 0.6 is 23.5 Å². The lowest BCUT2D eigenvalue weighted by Crippen LogP contribution is -2.60. The van der Waals surface area contributed by atoms with Crippen molar-refractivity contribution in [3.05, 3.63) is 9.93 Å². The van der Waals surface area contributed by atoms with E-state index in [-0.39, 0.29) is 22.2 Å². The lowest BCUT2D eigenvalue weighted by Gasteiger charge is -2.43. The number of β-lactam (4-membered cyclic amide) rings is 1. The first-order valence-electron chi connectivity index (χ1n) is 7.91. The molecule has 3 aliphatic heterocycles. The fraction of sp³-hybridized carbons (Fsp3) is 0.667. The van der Waals surface area contributed by atoms with Crippen LogP contribution in [0.3, 0.4) is 0 Å². The number of rotatable bonds is 5. The number of amides is 1. The minimum atomic E-state index is -1.10. The summed E-state index contributed by atoms with van der Waals surface area (Å²) in [5, 5.41) is 22.4. The van der Waals surface area contributed by atoms with Crippen LogP contribution in [-0.4, -0.2) is 62.6 Å². The molecule has 0 saturated carbocycles. The summed E-state index contributed by atoms with van der Waals surface area (Å²) in [6, 6.07) is 0. The van der Waals surface area contributed by atoms with Gasteiger partial charge in [0.15, 0.2) is 5.70 Å². The van der Waals surface area contributed by atoms with Crippen molar-refractivity contribution in [2.24, 2.45) is 16.8 Å². The molecule has 9 heteroatoms. The SMILES string of the molecule is CC(C)C1=NCC(SC2=C(C(=O)O)N3C(=O)C(C(C)O)[C@@H]3S2)CN1. The minimum Gasteiger partial charge on any atom is -0.477 e. The highest BCUT2D eigenvalue weighted by molar-refractivity contribution is 8.23. The highest BCUT2D eigenvalue weighted by Gasteiger charge is 2.57. The number of amidine groups is 1. The first-order chi connectivity index (χ1) is 11.3. The van der Waals surface area contributed by atoms with Crippen molar-refractivity contribution in [2.75, 3.05) is 13.1 Å². The van der Waals surface area contributed by atoms with Gasteiger partial charge in [-0.15, -0.1) is 11.8 Å². The maximum Gasteiger partial charge on any atom is 0.354 e. The van der Waals surface area contributed by atoms with E-state index < -0.39 is 18.0 Å². The molecule has 7 nitrogen and oxygen atoms in total. The summed E-state index contributed by atoms with van der Waals surface area (Å²) in [5.74, 6) is -0.613. The first-order valence-corrected chi connectivity index (χ1v) is 9.67. The molecule has 0 bridgehead atoms. The summed E-state index contributed by atoms with van der Waals surface area (Å²) in [6.45, 7) is 7.06. The van der Waals surface area contributed by atoms with Crippen LogP contribution in [0, 0.1) is 11.8 Å². The fourth-order valence-electron chi connectivity index (χ4n) is 2.99. The molecule has 24 heavy (non-hydrogen) atoms. The maximum absolute atomic E-state index is 12.2. The van der Waals surface area contributed by atoms with Gasteiger partial charge in [0.1, 0.15) is 5.37 Å². The Kier molecular flexibility index (Phi) is 4.85. The van der Waals surface area contributed by atoms with Crippen LogP contribution in [0.1, 0.15) is 20.8 Å². The number of carbonyl (C=O) groups excluding carboxylic acids is 1. The largest absolute Gasteiger partial charge is 0.477 e. The van der Waals surface area contributed by atoms with Gasteiger partial charge >= 0.3 is 5.97 Å². The van der Waals surface area contributed by atoms with Crippen LogP contribution in [-0.2, 0) is 9.59 Å². The molecule has 0 aromatic heterocycles. The molecule has 0 aromatic rings. The van der Waals surface area contributed by atoms with Crippen LogP contribution in [0.15, 0.2) is 14.9 Å². The van der Waals surface area contributed by atoms with Crippen molar-refractivity contribution in [1.82, 2.24) is 10.2 Å². The molecule has 0 spiro atoms. The molecule has 0 aromatic carbocycles. The van der Waals surface area contributed by atoms with Gasteiger partial charge < -0.3 is 15.5 Å². The predicted molar refractivity (Wildman–Crippen MR) is 94.6 cm³/mol. The molecule has 3 unspecified atom stereocenters. The molecule has 4 atom stereocenters. The number of aliphatic imine (C=N–C) groups is 1. The number of nitrogens with one attached hydrogen (secondary N) is 1. The number of nitrogens with zero attached hydrogens (tertiary/aromatic N) is 2. The summed E-state index contributed by atoms with van der Waals surface area (Å²) in [6.07, 6.45) is -0.778. The summed E-state index contributed by atoms with van der Waals surface area (Å²) in [5.41, 5.74) is 0.0514. The normalized spacial score (nSPS) is 30.7. The average Bonchev–Trinajstić information content (AvgIpc) is 2.81. The molecule has 1 fully saturated rings. The fourth-order valence-corrected chi connectivity index (χ4v) is 6.15. The van der Waals surface area contributed by atoms with E-state index in [1.54, 1.807) is 6.92 Å². The number of aliphatic hydroxyl groups excluding tert-OH is 1. The molecule has 3 heterocycles. The summed E-state index contributed by atoms with van der Waals surface area (Å²) in [4.78, 5) is 29.6. The third kappa shape index (κ3) is 2.93. The van der Waals surface area contributed by atoms with E-state index in [1.807, 2.05) is 0 Å². The second kappa shape index (κ2) is 6.61. The summed E-state index contributed by atoms with van der Waals surface area (Å²) in [7, 11) is 0. The molecule has 132 valence electrons. The van der Waals surface area contributed by atoms with Crippen LogP contribution < -0.4 is 5.32 Å². The van der Waals surface area contributed by atoms with Crippen molar-refractivity contribution in [3.8, 4) is 0 Å². The number of carboxylic acids is 1. The Labute approximate surface area is 149 Å². The van der Waals surface area contributed by atoms with Crippen molar-refractivity contribution < 1.29 is 19.8 Å². The van der Waals surface area contributed by atoms with E-state index >= 15 is 0 Å². The third-order valence-electron chi connectivity index (χ3n) is 4.27.